The molecule has 0 aliphatic rings. The van der Waals surface area contributed by atoms with Gasteiger partial charge >= 0.3 is 0 Å². The van der Waals surface area contributed by atoms with E-state index in [2.05, 4.69) is 114 Å². The van der Waals surface area contributed by atoms with E-state index in [9.17, 15) is 0 Å². The molecule has 0 saturated heterocycles. The molecule has 31 heavy (non-hydrogen) atoms. The number of nitrogens with zero attached hydrogens (tertiary/aromatic N) is 1. The highest BCUT2D eigenvalue weighted by Gasteiger charge is 2.16. The van der Waals surface area contributed by atoms with Crippen LogP contribution in [0, 0.1) is 0 Å². The lowest BCUT2D eigenvalue weighted by atomic mass is 10.0. The number of aromatic amines is 1. The Balaban J connectivity index is 1.60. The second kappa shape index (κ2) is 7.26. The van der Waals surface area contributed by atoms with Crippen LogP contribution in [0.3, 0.4) is 0 Å². The second-order valence-corrected chi connectivity index (χ2v) is 7.76. The molecule has 0 atom stereocenters. The van der Waals surface area contributed by atoms with E-state index in [1.165, 1.54) is 21.5 Å². The molecule has 0 aliphatic heterocycles. The molecule has 1 N–H and O–H groups in total. The zero-order chi connectivity index (χ0) is 20.6. The molecule has 2 nitrogen and oxygen atoms in total. The first-order valence-corrected chi connectivity index (χ1v) is 10.5. The Morgan fingerprint density at radius 3 is 2.10 bits per heavy atom. The summed E-state index contributed by atoms with van der Waals surface area (Å²) in [7, 11) is 0. The van der Waals surface area contributed by atoms with Gasteiger partial charge in [0, 0.05) is 16.7 Å². The number of nitrogens with one attached hydrogen (secondary N) is 1. The van der Waals surface area contributed by atoms with Crippen molar-refractivity contribution in [3.05, 3.63) is 115 Å². The van der Waals surface area contributed by atoms with E-state index in [-0.39, 0.29) is 0 Å². The topological polar surface area (TPSA) is 28.7 Å². The number of fused-ring (bicyclic) bond motifs is 2. The number of rotatable bonds is 3. The lowest BCUT2D eigenvalue weighted by molar-refractivity contribution is 1.32. The summed E-state index contributed by atoms with van der Waals surface area (Å²) >= 11 is 0. The first kappa shape index (κ1) is 17.7. The molecule has 0 unspecified atom stereocenters. The normalized spacial score (nSPS) is 11.2. The monoisotopic (exact) mass is 396 g/mol. The number of benzene rings is 5. The molecule has 1 heterocycles. The van der Waals surface area contributed by atoms with Crippen LogP contribution in [0.4, 0.5) is 0 Å². The summed E-state index contributed by atoms with van der Waals surface area (Å²) in [5, 5.41) is 4.86. The van der Waals surface area contributed by atoms with E-state index in [1.54, 1.807) is 0 Å². The second-order valence-electron chi connectivity index (χ2n) is 7.76. The standard InChI is InChI=1S/C29H20N2/c1-2-11-22(12-3-1)27-28(24-18-17-20-9-4-5-13-23(20)19-24)31-29(30-27)26-16-8-14-21-10-6-7-15-25(21)26/h1-19H,(H,30,31). The Morgan fingerprint density at radius 1 is 0.516 bits per heavy atom. The fourth-order valence-electron chi connectivity index (χ4n) is 4.29. The molecule has 6 rings (SSSR count). The Hall–Kier alpha value is -4.17. The summed E-state index contributed by atoms with van der Waals surface area (Å²) in [6.07, 6.45) is 0. The lowest BCUT2D eigenvalue weighted by Crippen LogP contribution is -1.84. The highest BCUT2D eigenvalue weighted by atomic mass is 14.9. The van der Waals surface area contributed by atoms with Crippen molar-refractivity contribution in [2.24, 2.45) is 0 Å². The van der Waals surface area contributed by atoms with Crippen molar-refractivity contribution in [1.82, 2.24) is 9.97 Å². The van der Waals surface area contributed by atoms with Crippen molar-refractivity contribution in [1.29, 1.82) is 0 Å². The largest absolute Gasteiger partial charge is 0.337 e. The van der Waals surface area contributed by atoms with Crippen LogP contribution in [0.2, 0.25) is 0 Å². The number of H-pyrrole nitrogens is 1. The van der Waals surface area contributed by atoms with Gasteiger partial charge in [0.25, 0.3) is 0 Å². The number of hydrogen-bond donors (Lipinski definition) is 1. The quantitative estimate of drug-likeness (QED) is 0.326. The van der Waals surface area contributed by atoms with Crippen LogP contribution in [-0.2, 0) is 0 Å². The summed E-state index contributed by atoms with van der Waals surface area (Å²) in [5.74, 6) is 0.888. The van der Waals surface area contributed by atoms with Crippen molar-refractivity contribution in [3.63, 3.8) is 0 Å². The maximum absolute atomic E-state index is 5.13. The molecule has 0 fully saturated rings. The Bertz CT molecular complexity index is 1520. The van der Waals surface area contributed by atoms with Crippen molar-refractivity contribution in [2.45, 2.75) is 0 Å². The summed E-state index contributed by atoms with van der Waals surface area (Å²) < 4.78 is 0. The molecule has 0 saturated carbocycles. The predicted molar refractivity (Wildman–Crippen MR) is 130 cm³/mol. The van der Waals surface area contributed by atoms with Gasteiger partial charge in [0.1, 0.15) is 5.82 Å². The van der Waals surface area contributed by atoms with E-state index in [0.29, 0.717) is 0 Å². The van der Waals surface area contributed by atoms with Gasteiger partial charge in [-0.05, 0) is 27.6 Å². The van der Waals surface area contributed by atoms with Crippen molar-refractivity contribution >= 4 is 21.5 Å². The third-order valence-corrected chi connectivity index (χ3v) is 5.83. The number of hydrogen-bond acceptors (Lipinski definition) is 1. The van der Waals surface area contributed by atoms with E-state index in [4.69, 9.17) is 4.98 Å². The van der Waals surface area contributed by atoms with Crippen LogP contribution < -0.4 is 0 Å². The Morgan fingerprint density at radius 2 is 1.23 bits per heavy atom. The van der Waals surface area contributed by atoms with Gasteiger partial charge in [-0.1, -0.05) is 109 Å². The first-order chi connectivity index (χ1) is 15.4. The maximum atomic E-state index is 5.13. The fourth-order valence-corrected chi connectivity index (χ4v) is 4.29. The molecule has 2 heteroatoms. The molecular weight excluding hydrogens is 376 g/mol. The molecule has 6 aromatic rings. The lowest BCUT2D eigenvalue weighted by Gasteiger charge is -2.05. The minimum atomic E-state index is 0.888. The van der Waals surface area contributed by atoms with Crippen LogP contribution in [0.15, 0.2) is 115 Å². The number of imidazole rings is 1. The van der Waals surface area contributed by atoms with Gasteiger partial charge in [-0.25, -0.2) is 4.98 Å². The zero-order valence-electron chi connectivity index (χ0n) is 16.9. The average Bonchev–Trinajstić information content (AvgIpc) is 3.29. The minimum Gasteiger partial charge on any atom is -0.337 e. The van der Waals surface area contributed by atoms with Crippen LogP contribution in [0.25, 0.3) is 55.4 Å². The van der Waals surface area contributed by atoms with Gasteiger partial charge in [-0.3, -0.25) is 0 Å². The van der Waals surface area contributed by atoms with Gasteiger partial charge < -0.3 is 4.98 Å². The van der Waals surface area contributed by atoms with Gasteiger partial charge in [-0.15, -0.1) is 0 Å². The van der Waals surface area contributed by atoms with Gasteiger partial charge in [-0.2, -0.15) is 0 Å². The molecule has 1 aromatic heterocycles. The summed E-state index contributed by atoms with van der Waals surface area (Å²) in [5.41, 5.74) is 5.37. The maximum Gasteiger partial charge on any atom is 0.139 e. The average molecular weight is 396 g/mol. The molecule has 0 spiro atoms. The predicted octanol–water partition coefficient (Wildman–Crippen LogP) is 7.72. The Labute approximate surface area is 180 Å². The molecule has 0 bridgehead atoms. The van der Waals surface area contributed by atoms with E-state index in [0.717, 1.165) is 33.9 Å². The third kappa shape index (κ3) is 3.10. The van der Waals surface area contributed by atoms with Crippen molar-refractivity contribution < 1.29 is 0 Å². The molecule has 146 valence electrons. The number of aromatic nitrogens is 2. The van der Waals surface area contributed by atoms with Gasteiger partial charge in [0.2, 0.25) is 0 Å². The third-order valence-electron chi connectivity index (χ3n) is 5.83. The summed E-state index contributed by atoms with van der Waals surface area (Å²) in [6.45, 7) is 0. The molecule has 5 aromatic carbocycles. The summed E-state index contributed by atoms with van der Waals surface area (Å²) in [6, 6.07) is 40.3. The molecule has 0 aliphatic carbocycles. The zero-order valence-corrected chi connectivity index (χ0v) is 16.9. The SMILES string of the molecule is c1ccc(-c2[nH]c(-c3cccc4ccccc34)nc2-c2ccc3ccccc3c2)cc1. The van der Waals surface area contributed by atoms with Crippen molar-refractivity contribution in [2.75, 3.05) is 0 Å². The van der Waals surface area contributed by atoms with Crippen LogP contribution in [-0.4, -0.2) is 9.97 Å². The minimum absolute atomic E-state index is 0.888. The highest BCUT2D eigenvalue weighted by molar-refractivity contribution is 5.97. The van der Waals surface area contributed by atoms with Crippen molar-refractivity contribution in [3.8, 4) is 33.9 Å². The highest BCUT2D eigenvalue weighted by Crippen LogP contribution is 2.36. The van der Waals surface area contributed by atoms with Gasteiger partial charge in [0.15, 0.2) is 0 Å². The Kier molecular flexibility index (Phi) is 4.14. The van der Waals surface area contributed by atoms with Gasteiger partial charge in [0.05, 0.1) is 11.4 Å². The van der Waals surface area contributed by atoms with E-state index >= 15 is 0 Å². The van der Waals surface area contributed by atoms with Crippen LogP contribution >= 0.6 is 0 Å². The summed E-state index contributed by atoms with van der Waals surface area (Å²) in [4.78, 5) is 8.77. The fraction of sp³-hybridized carbons (Fsp3) is 0. The van der Waals surface area contributed by atoms with E-state index in [1.807, 2.05) is 6.07 Å². The van der Waals surface area contributed by atoms with Crippen LogP contribution in [0.1, 0.15) is 0 Å². The first-order valence-electron chi connectivity index (χ1n) is 10.5. The molecular formula is C29H20N2. The smallest absolute Gasteiger partial charge is 0.139 e. The van der Waals surface area contributed by atoms with E-state index < -0.39 is 0 Å². The van der Waals surface area contributed by atoms with Crippen LogP contribution in [0.5, 0.6) is 0 Å². The molecule has 0 radical (unpaired) electrons. The molecule has 0 amide bonds.